The van der Waals surface area contributed by atoms with Crippen LogP contribution in [-0.2, 0) is 0 Å². The van der Waals surface area contributed by atoms with Crippen molar-refractivity contribution < 1.29 is 23.8 Å². The summed E-state index contributed by atoms with van der Waals surface area (Å²) in [7, 11) is 0. The third-order valence-corrected chi connectivity index (χ3v) is 1.64. The van der Waals surface area contributed by atoms with Gasteiger partial charge in [0, 0.05) is 6.54 Å². The number of anilines is 1. The average molecular weight is 233 g/mol. The van der Waals surface area contributed by atoms with Gasteiger partial charge in [0.2, 0.25) is 0 Å². The van der Waals surface area contributed by atoms with Gasteiger partial charge in [0.25, 0.3) is 6.43 Å². The summed E-state index contributed by atoms with van der Waals surface area (Å²) < 4.78 is 23.8. The molecule has 0 aromatic carbocycles. The fourth-order valence-corrected chi connectivity index (χ4v) is 0.852. The smallest absolute Gasteiger partial charge is 0.356 e. The van der Waals surface area contributed by atoms with E-state index in [0.29, 0.717) is 0 Å². The molecule has 0 saturated carbocycles. The summed E-state index contributed by atoms with van der Waals surface area (Å²) in [6, 6.07) is 0. The minimum atomic E-state index is -2.87. The van der Waals surface area contributed by atoms with E-state index in [1.54, 1.807) is 0 Å². The van der Waals surface area contributed by atoms with Gasteiger partial charge in [-0.2, -0.15) is 0 Å². The minimum absolute atomic E-state index is 0.0135. The molecular weight excluding hydrogens is 224 g/mol. The highest BCUT2D eigenvalue weighted by Gasteiger charge is 2.16. The molecule has 0 bridgehead atoms. The lowest BCUT2D eigenvalue weighted by atomic mass is 10.3. The van der Waals surface area contributed by atoms with Crippen molar-refractivity contribution in [3.8, 4) is 0 Å². The maximum Gasteiger partial charge on any atom is 0.356 e. The third kappa shape index (κ3) is 3.39. The van der Waals surface area contributed by atoms with Gasteiger partial charge in [-0.15, -0.1) is 0 Å². The van der Waals surface area contributed by atoms with Crippen LogP contribution in [0, 0.1) is 0 Å². The number of rotatable bonds is 5. The maximum absolute atomic E-state index is 11.9. The normalized spacial score (nSPS) is 12.5. The molecule has 0 saturated heterocycles. The van der Waals surface area contributed by atoms with Crippen LogP contribution in [0.5, 0.6) is 0 Å². The van der Waals surface area contributed by atoms with Gasteiger partial charge >= 0.3 is 5.97 Å². The molecule has 1 unspecified atom stereocenters. The van der Waals surface area contributed by atoms with Crippen LogP contribution in [-0.4, -0.2) is 45.2 Å². The monoisotopic (exact) mass is 233 g/mol. The van der Waals surface area contributed by atoms with E-state index in [4.69, 9.17) is 10.2 Å². The number of alkyl halides is 2. The number of carbonyl (C=O) groups is 1. The first-order chi connectivity index (χ1) is 7.50. The van der Waals surface area contributed by atoms with Gasteiger partial charge in [0.15, 0.2) is 5.69 Å². The largest absolute Gasteiger partial charge is 0.476 e. The first kappa shape index (κ1) is 12.2. The van der Waals surface area contributed by atoms with Gasteiger partial charge in [-0.25, -0.2) is 18.6 Å². The van der Waals surface area contributed by atoms with Gasteiger partial charge in [-0.3, -0.25) is 4.98 Å². The first-order valence-corrected chi connectivity index (χ1v) is 4.26. The number of aromatic carboxylic acids is 1. The summed E-state index contributed by atoms with van der Waals surface area (Å²) in [6.45, 7) is -0.435. The highest BCUT2D eigenvalue weighted by Crippen LogP contribution is 2.05. The number of aliphatic hydroxyl groups excluding tert-OH is 1. The zero-order valence-corrected chi connectivity index (χ0v) is 7.97. The predicted octanol–water partition coefficient (Wildman–Crippen LogP) is 0.213. The molecule has 0 aliphatic heterocycles. The van der Waals surface area contributed by atoms with Crippen LogP contribution in [0.2, 0.25) is 0 Å². The van der Waals surface area contributed by atoms with Gasteiger partial charge in [0.1, 0.15) is 11.9 Å². The number of nitrogens with zero attached hydrogens (tertiary/aromatic N) is 2. The molecule has 0 radical (unpaired) electrons. The standard InChI is InChI=1S/C8H9F2N3O3/c9-7(10)5(14)2-12-6-3-11-1-4(13-6)8(15)16/h1,3,5,7,14H,2H2,(H,12,13)(H,15,16). The number of hydrogen-bond acceptors (Lipinski definition) is 5. The minimum Gasteiger partial charge on any atom is -0.476 e. The molecule has 3 N–H and O–H groups in total. The molecule has 1 heterocycles. The Balaban J connectivity index is 2.61. The number of nitrogens with one attached hydrogen (secondary N) is 1. The zero-order valence-electron chi connectivity index (χ0n) is 7.97. The lowest BCUT2D eigenvalue weighted by Gasteiger charge is -2.10. The second-order valence-corrected chi connectivity index (χ2v) is 2.88. The summed E-state index contributed by atoms with van der Waals surface area (Å²) in [5.74, 6) is -1.26. The zero-order chi connectivity index (χ0) is 12.1. The molecule has 1 rings (SSSR count). The molecule has 1 aromatic rings. The summed E-state index contributed by atoms with van der Waals surface area (Å²) >= 11 is 0. The molecule has 0 aliphatic rings. The van der Waals surface area contributed by atoms with E-state index >= 15 is 0 Å². The summed E-state index contributed by atoms with van der Waals surface area (Å²) in [4.78, 5) is 17.6. The van der Waals surface area contributed by atoms with Gasteiger partial charge in [0.05, 0.1) is 12.4 Å². The Hall–Kier alpha value is -1.83. The molecule has 0 spiro atoms. The Labute approximate surface area is 89.0 Å². The van der Waals surface area contributed by atoms with E-state index in [9.17, 15) is 13.6 Å². The number of carboxylic acids is 1. The van der Waals surface area contributed by atoms with Gasteiger partial charge in [-0.05, 0) is 0 Å². The van der Waals surface area contributed by atoms with Crippen molar-refractivity contribution >= 4 is 11.8 Å². The fraction of sp³-hybridized carbons (Fsp3) is 0.375. The topological polar surface area (TPSA) is 95.3 Å². The summed E-state index contributed by atoms with van der Waals surface area (Å²) in [5.41, 5.74) is -0.309. The van der Waals surface area contributed by atoms with Crippen LogP contribution < -0.4 is 5.32 Å². The molecule has 0 amide bonds. The Bertz CT molecular complexity index is 375. The van der Waals surface area contributed by atoms with Crippen molar-refractivity contribution in [2.45, 2.75) is 12.5 Å². The van der Waals surface area contributed by atoms with Gasteiger partial charge < -0.3 is 15.5 Å². The Morgan fingerprint density at radius 2 is 2.19 bits per heavy atom. The molecule has 88 valence electrons. The number of carboxylic acid groups (broad SMARTS) is 1. The van der Waals surface area contributed by atoms with E-state index in [2.05, 4.69) is 15.3 Å². The Morgan fingerprint density at radius 3 is 2.75 bits per heavy atom. The molecule has 0 aliphatic carbocycles. The van der Waals surface area contributed by atoms with Crippen LogP contribution in [0.3, 0.4) is 0 Å². The SMILES string of the molecule is O=C(O)c1cncc(NCC(O)C(F)F)n1. The molecule has 8 heteroatoms. The van der Waals surface area contributed by atoms with E-state index in [1.807, 2.05) is 0 Å². The van der Waals surface area contributed by atoms with Crippen molar-refractivity contribution in [3.05, 3.63) is 18.1 Å². The average Bonchev–Trinajstić information content (AvgIpc) is 2.26. The maximum atomic E-state index is 11.9. The van der Waals surface area contributed by atoms with Crippen molar-refractivity contribution in [3.63, 3.8) is 0 Å². The number of aromatic nitrogens is 2. The van der Waals surface area contributed by atoms with E-state index < -0.39 is 25.0 Å². The van der Waals surface area contributed by atoms with Crippen molar-refractivity contribution in [2.24, 2.45) is 0 Å². The molecule has 6 nitrogen and oxygen atoms in total. The summed E-state index contributed by atoms with van der Waals surface area (Å²) in [6.07, 6.45) is -2.51. The molecule has 0 fully saturated rings. The quantitative estimate of drug-likeness (QED) is 0.673. The molecule has 1 aromatic heterocycles. The van der Waals surface area contributed by atoms with Crippen LogP contribution in [0.15, 0.2) is 12.4 Å². The van der Waals surface area contributed by atoms with E-state index in [1.165, 1.54) is 6.20 Å². The van der Waals surface area contributed by atoms with Crippen molar-refractivity contribution in [1.82, 2.24) is 9.97 Å². The predicted molar refractivity (Wildman–Crippen MR) is 49.5 cm³/mol. The summed E-state index contributed by atoms with van der Waals surface area (Å²) in [5, 5.41) is 19.7. The lowest BCUT2D eigenvalue weighted by Crippen LogP contribution is -2.27. The van der Waals surface area contributed by atoms with Gasteiger partial charge in [-0.1, -0.05) is 0 Å². The number of halogens is 2. The second kappa shape index (κ2) is 5.31. The Kier molecular flexibility index (Phi) is 4.06. The first-order valence-electron chi connectivity index (χ1n) is 4.26. The van der Waals surface area contributed by atoms with Crippen LogP contribution in [0.1, 0.15) is 10.5 Å². The number of aliphatic hydroxyl groups is 1. The highest BCUT2D eigenvalue weighted by molar-refractivity contribution is 5.85. The van der Waals surface area contributed by atoms with Crippen molar-refractivity contribution in [2.75, 3.05) is 11.9 Å². The second-order valence-electron chi connectivity index (χ2n) is 2.88. The number of hydrogen-bond donors (Lipinski definition) is 3. The highest BCUT2D eigenvalue weighted by atomic mass is 19.3. The third-order valence-electron chi connectivity index (χ3n) is 1.64. The van der Waals surface area contributed by atoms with Crippen LogP contribution >= 0.6 is 0 Å². The molecule has 1 atom stereocenters. The van der Waals surface area contributed by atoms with E-state index in [-0.39, 0.29) is 11.5 Å². The molecule has 16 heavy (non-hydrogen) atoms. The van der Waals surface area contributed by atoms with Crippen LogP contribution in [0.25, 0.3) is 0 Å². The van der Waals surface area contributed by atoms with E-state index in [0.717, 1.165) is 6.20 Å². The lowest BCUT2D eigenvalue weighted by molar-refractivity contribution is 0.00380. The fourth-order valence-electron chi connectivity index (χ4n) is 0.852. The van der Waals surface area contributed by atoms with Crippen LogP contribution in [0.4, 0.5) is 14.6 Å². The van der Waals surface area contributed by atoms with Crippen molar-refractivity contribution in [1.29, 1.82) is 0 Å². The molecular formula is C8H9F2N3O3. The Morgan fingerprint density at radius 1 is 1.50 bits per heavy atom.